The van der Waals surface area contributed by atoms with E-state index in [1.165, 1.54) is 42.7 Å². The zero-order valence-corrected chi connectivity index (χ0v) is 30.2. The second-order valence-corrected chi connectivity index (χ2v) is 12.8. The number of aryl methyl sites for hydroxylation is 5. The van der Waals surface area contributed by atoms with Crippen LogP contribution in [0.1, 0.15) is 75.0 Å². The maximum Gasteiger partial charge on any atom is 0.216 e. The summed E-state index contributed by atoms with van der Waals surface area (Å²) in [5, 5.41) is 1.72. The first kappa shape index (κ1) is 21.4. The standard InChI is InChI=1S/C32H28N3O.C13H12N.Ir/c1-18-10-14-26-23(13-15-28(35-26)32(4,5)6)29(18)25-16-27(33-17-19(25)2)24-9-7-8-21-22-12-11-20(3)34-31(22)36-30(21)24;1-10-3-6-12(7-4-10)13-8-5-11(2)9-14-13;/h7-8,10-17H,1-6H3;3-6,8-9H,1-2H3;/q2*-1;/i1D3,2D3,3D3;1D3,2D3;. The molecule has 0 aliphatic rings. The SMILES string of the molecule is [2H]C([2H])([2H])c1c[c-]c(-c2ccc(C([2H])([2H])[2H])cn2)cc1.[2H]C([2H])([2H])c1ccc2c(n1)oc1c(-c3cc(-c4c(C([2H])([2H])[2H])ccc5nc(C(C)(C)C)ccc45)c(C([2H])([2H])[2H])cn3)[c-]ccc12.[Ir]. The maximum absolute atomic E-state index is 8.34. The molecule has 5 heterocycles. The summed E-state index contributed by atoms with van der Waals surface area (Å²) >= 11 is 0. The molecule has 8 rings (SSSR count). The summed E-state index contributed by atoms with van der Waals surface area (Å²) in [6.45, 7) is -5.89. The third-order valence-electron chi connectivity index (χ3n) is 8.22. The molecule has 0 fully saturated rings. The monoisotopic (exact) mass is 860 g/mol. The van der Waals surface area contributed by atoms with Gasteiger partial charge in [-0.25, -0.2) is 4.98 Å². The summed E-state index contributed by atoms with van der Waals surface area (Å²) in [6, 6.07) is 28.3. The molecule has 6 heteroatoms. The van der Waals surface area contributed by atoms with Gasteiger partial charge in [-0.2, -0.15) is 0 Å². The van der Waals surface area contributed by atoms with Crippen LogP contribution in [0.15, 0.2) is 102 Å². The molecule has 0 bridgehead atoms. The van der Waals surface area contributed by atoms with E-state index in [0.717, 1.165) is 5.69 Å². The molecule has 257 valence electrons. The first-order chi connectivity index (χ1) is 30.0. The Morgan fingerprint density at radius 1 is 0.686 bits per heavy atom. The van der Waals surface area contributed by atoms with Gasteiger partial charge in [0, 0.05) is 80.6 Å². The number of hydrogen-bond donors (Lipinski definition) is 0. The van der Waals surface area contributed by atoms with Crippen LogP contribution in [-0.2, 0) is 25.5 Å². The smallest absolute Gasteiger partial charge is 0.216 e. The van der Waals surface area contributed by atoms with Crippen molar-refractivity contribution in [3.05, 3.63) is 143 Å². The van der Waals surface area contributed by atoms with Gasteiger partial charge < -0.3 is 14.4 Å². The van der Waals surface area contributed by atoms with Crippen LogP contribution in [0.5, 0.6) is 0 Å². The number of furan rings is 1. The molecule has 0 unspecified atom stereocenters. The van der Waals surface area contributed by atoms with Crippen molar-refractivity contribution < 1.29 is 45.1 Å². The van der Waals surface area contributed by atoms with Gasteiger partial charge in [0.1, 0.15) is 0 Å². The van der Waals surface area contributed by atoms with Crippen LogP contribution in [0.3, 0.4) is 0 Å². The Kier molecular flexibility index (Phi) is 5.99. The fourth-order valence-electron chi connectivity index (χ4n) is 5.66. The number of rotatable bonds is 3. The van der Waals surface area contributed by atoms with Gasteiger partial charge in [-0.3, -0.25) is 4.98 Å². The van der Waals surface area contributed by atoms with E-state index in [-0.39, 0.29) is 76.0 Å². The van der Waals surface area contributed by atoms with E-state index in [1.807, 2.05) is 26.8 Å². The summed E-state index contributed by atoms with van der Waals surface area (Å²) in [5.41, 5.74) is 3.87. The van der Waals surface area contributed by atoms with Gasteiger partial charge in [0.25, 0.3) is 0 Å². The van der Waals surface area contributed by atoms with E-state index in [0.29, 0.717) is 44.1 Å². The van der Waals surface area contributed by atoms with Gasteiger partial charge in [-0.1, -0.05) is 68.9 Å². The Labute approximate surface area is 334 Å². The van der Waals surface area contributed by atoms with Crippen molar-refractivity contribution in [2.45, 2.75) is 60.4 Å². The summed E-state index contributed by atoms with van der Waals surface area (Å²) < 4.78 is 123. The van der Waals surface area contributed by atoms with Crippen LogP contribution in [0.2, 0.25) is 0 Å². The molecule has 8 aromatic rings. The molecule has 5 nitrogen and oxygen atoms in total. The van der Waals surface area contributed by atoms with Crippen LogP contribution in [0.4, 0.5) is 0 Å². The van der Waals surface area contributed by atoms with E-state index >= 15 is 0 Å². The van der Waals surface area contributed by atoms with Gasteiger partial charge in [0.05, 0.1) is 11.1 Å². The second kappa shape index (κ2) is 14.3. The predicted octanol–water partition coefficient (Wildman–Crippen LogP) is 11.4. The van der Waals surface area contributed by atoms with E-state index in [2.05, 4.69) is 27.1 Å². The maximum atomic E-state index is 8.34. The molecule has 0 N–H and O–H groups in total. The van der Waals surface area contributed by atoms with Crippen molar-refractivity contribution in [1.82, 2.24) is 19.9 Å². The molecule has 0 aliphatic heterocycles. The van der Waals surface area contributed by atoms with Crippen molar-refractivity contribution in [1.29, 1.82) is 0 Å². The van der Waals surface area contributed by atoms with E-state index in [9.17, 15) is 0 Å². The number of nitrogens with zero attached hydrogens (tertiary/aromatic N) is 4. The summed E-state index contributed by atoms with van der Waals surface area (Å²) in [6.07, 6.45) is 2.53. The minimum Gasteiger partial charge on any atom is -0.486 e. The molecule has 0 saturated carbocycles. The third-order valence-corrected chi connectivity index (χ3v) is 8.22. The van der Waals surface area contributed by atoms with Gasteiger partial charge in [-0.15, -0.1) is 53.6 Å². The summed E-state index contributed by atoms with van der Waals surface area (Å²) in [5.74, 6) is 0. The third kappa shape index (κ3) is 7.26. The Morgan fingerprint density at radius 2 is 1.51 bits per heavy atom. The first-order valence-corrected chi connectivity index (χ1v) is 15.7. The minimum atomic E-state index is -2.63. The Morgan fingerprint density at radius 3 is 2.24 bits per heavy atom. The molecular weight excluding hydrogens is 805 g/mol. The molecule has 0 amide bonds. The van der Waals surface area contributed by atoms with Crippen LogP contribution >= 0.6 is 0 Å². The van der Waals surface area contributed by atoms with Crippen molar-refractivity contribution >= 4 is 33.0 Å². The van der Waals surface area contributed by atoms with Crippen LogP contribution < -0.4 is 0 Å². The first-order valence-electron chi connectivity index (χ1n) is 23.2. The predicted molar refractivity (Wildman–Crippen MR) is 205 cm³/mol. The van der Waals surface area contributed by atoms with E-state index < -0.39 is 34.3 Å². The Balaban J connectivity index is 0.000000288. The van der Waals surface area contributed by atoms with Gasteiger partial charge in [0.15, 0.2) is 0 Å². The number of benzene rings is 3. The van der Waals surface area contributed by atoms with Crippen molar-refractivity contribution in [2.24, 2.45) is 0 Å². The minimum absolute atomic E-state index is 0. The molecule has 5 aromatic heterocycles. The van der Waals surface area contributed by atoms with Crippen LogP contribution in [-0.4, -0.2) is 19.9 Å². The zero-order valence-electron chi connectivity index (χ0n) is 42.8. The number of fused-ring (bicyclic) bond motifs is 4. The molecular formula is C45H40IrN4O-2. The molecule has 1 radical (unpaired) electrons. The van der Waals surface area contributed by atoms with Crippen LogP contribution in [0.25, 0.3) is 66.6 Å². The van der Waals surface area contributed by atoms with Gasteiger partial charge in [-0.05, 0) is 90.9 Å². The average molecular weight is 860 g/mol. The quantitative estimate of drug-likeness (QED) is 0.166. The molecule has 0 atom stereocenters. The molecule has 51 heavy (non-hydrogen) atoms. The fourth-order valence-corrected chi connectivity index (χ4v) is 5.66. The molecule has 3 aromatic carbocycles. The Bertz CT molecular complexity index is 3000. The van der Waals surface area contributed by atoms with Crippen molar-refractivity contribution in [2.75, 3.05) is 0 Å². The number of hydrogen-bond acceptors (Lipinski definition) is 5. The van der Waals surface area contributed by atoms with Gasteiger partial charge in [0.2, 0.25) is 5.71 Å². The van der Waals surface area contributed by atoms with E-state index in [1.54, 1.807) is 48.5 Å². The number of pyridine rings is 4. The van der Waals surface area contributed by atoms with E-state index in [4.69, 9.17) is 30.0 Å². The topological polar surface area (TPSA) is 64.7 Å². The zero-order chi connectivity index (χ0) is 47.7. The van der Waals surface area contributed by atoms with Gasteiger partial charge >= 0.3 is 0 Å². The summed E-state index contributed by atoms with van der Waals surface area (Å²) in [7, 11) is 0. The number of aromatic nitrogens is 4. The Hall–Kier alpha value is -5.03. The largest absolute Gasteiger partial charge is 0.486 e. The summed E-state index contributed by atoms with van der Waals surface area (Å²) in [4.78, 5) is 17.6. The van der Waals surface area contributed by atoms with Crippen molar-refractivity contribution in [3.8, 4) is 33.6 Å². The molecule has 0 saturated heterocycles. The van der Waals surface area contributed by atoms with Crippen LogP contribution in [0, 0.1) is 46.4 Å². The molecule has 0 aliphatic carbocycles. The normalized spacial score (nSPS) is 17.0. The van der Waals surface area contributed by atoms with Crippen molar-refractivity contribution in [3.63, 3.8) is 0 Å². The fraction of sp³-hybridized carbons (Fsp3) is 0.200. The molecule has 0 spiro atoms. The average Bonchev–Trinajstić information content (AvgIpc) is 3.60. The second-order valence-electron chi connectivity index (χ2n) is 12.8.